The highest BCUT2D eigenvalue weighted by molar-refractivity contribution is 8.00. The molecule has 0 radical (unpaired) electrons. The summed E-state index contributed by atoms with van der Waals surface area (Å²) in [5.74, 6) is 0.406. The van der Waals surface area contributed by atoms with Crippen LogP contribution in [0.4, 0.5) is 0 Å². The Labute approximate surface area is 175 Å². The molecule has 9 nitrogen and oxygen atoms in total. The Morgan fingerprint density at radius 1 is 1.24 bits per heavy atom. The summed E-state index contributed by atoms with van der Waals surface area (Å²) in [5, 5.41) is 6.03. The first-order valence-corrected chi connectivity index (χ1v) is 11.2. The second kappa shape index (κ2) is 7.98. The minimum atomic E-state index is -0.109. The molecule has 0 spiro atoms. The Morgan fingerprint density at radius 3 is 2.76 bits per heavy atom. The molecule has 29 heavy (non-hydrogen) atoms. The maximum Gasteiger partial charge on any atom is 0.233 e. The van der Waals surface area contributed by atoms with Crippen LogP contribution in [-0.4, -0.2) is 79.8 Å². The van der Waals surface area contributed by atoms with Crippen molar-refractivity contribution in [2.24, 2.45) is 0 Å². The molecule has 2 atom stereocenters. The Morgan fingerprint density at radius 2 is 2.03 bits per heavy atom. The van der Waals surface area contributed by atoms with Crippen molar-refractivity contribution in [3.63, 3.8) is 0 Å². The molecule has 0 bridgehead atoms. The molecule has 3 aromatic rings. The second-order valence-electron chi connectivity index (χ2n) is 7.11. The van der Waals surface area contributed by atoms with Gasteiger partial charge in [0.2, 0.25) is 5.91 Å². The van der Waals surface area contributed by atoms with E-state index in [9.17, 15) is 4.79 Å². The number of fused-ring (bicyclic) bond motifs is 2. The lowest BCUT2D eigenvalue weighted by Gasteiger charge is -2.18. The fourth-order valence-electron chi connectivity index (χ4n) is 3.63. The summed E-state index contributed by atoms with van der Waals surface area (Å²) in [6.07, 6.45) is 4.52. The zero-order valence-corrected chi connectivity index (χ0v) is 17.4. The van der Waals surface area contributed by atoms with E-state index in [1.54, 1.807) is 28.7 Å². The summed E-state index contributed by atoms with van der Waals surface area (Å²) < 4.78 is 13.8. The Hall–Kier alpha value is -2.08. The first-order valence-electron chi connectivity index (χ1n) is 9.36. The van der Waals surface area contributed by atoms with Gasteiger partial charge in [0.25, 0.3) is 0 Å². The standard InChI is InChI=1S/C18H20N6O3S2/c1-11-2-13-17(20-9-21-18(13)29-11)28-7-16(25)23-3-14-15(4-23)27-6-12(5-26-14)24-10-19-8-22-24/h2,8-10,12,14-15H,3-7H2,1H3/t14-,15-/m0/s1. The summed E-state index contributed by atoms with van der Waals surface area (Å²) in [5.41, 5.74) is 0. The van der Waals surface area contributed by atoms with Crippen LogP contribution in [0.15, 0.2) is 30.1 Å². The number of rotatable bonds is 4. The molecule has 3 aromatic heterocycles. The van der Waals surface area contributed by atoms with Crippen LogP contribution in [0.2, 0.25) is 0 Å². The monoisotopic (exact) mass is 432 g/mol. The molecule has 5 rings (SSSR count). The number of hydrogen-bond acceptors (Lipinski definition) is 9. The Balaban J connectivity index is 1.18. The van der Waals surface area contributed by atoms with E-state index in [4.69, 9.17) is 9.47 Å². The molecule has 2 aliphatic heterocycles. The van der Waals surface area contributed by atoms with E-state index in [2.05, 4.69) is 26.1 Å². The van der Waals surface area contributed by atoms with Crippen molar-refractivity contribution in [1.29, 1.82) is 0 Å². The second-order valence-corrected chi connectivity index (χ2v) is 9.31. The molecule has 5 heterocycles. The zero-order valence-electron chi connectivity index (χ0n) is 15.8. The average Bonchev–Trinajstić information content (AvgIpc) is 3.44. The lowest BCUT2D eigenvalue weighted by molar-refractivity contribution is -0.128. The molecule has 0 aliphatic carbocycles. The molecule has 2 aliphatic rings. The van der Waals surface area contributed by atoms with Crippen LogP contribution in [0.1, 0.15) is 10.9 Å². The lowest BCUT2D eigenvalue weighted by Crippen LogP contribution is -2.32. The number of hydrogen-bond donors (Lipinski definition) is 0. The van der Waals surface area contributed by atoms with Gasteiger partial charge in [-0.05, 0) is 13.0 Å². The van der Waals surface area contributed by atoms with Crippen LogP contribution in [0, 0.1) is 6.92 Å². The van der Waals surface area contributed by atoms with E-state index in [1.807, 2.05) is 11.8 Å². The number of likely N-dealkylation sites (tertiary alicyclic amines) is 1. The fraction of sp³-hybridized carbons (Fsp3) is 0.500. The maximum absolute atomic E-state index is 12.8. The minimum Gasteiger partial charge on any atom is -0.371 e. The summed E-state index contributed by atoms with van der Waals surface area (Å²) in [6.45, 7) is 4.14. The normalized spacial score (nSPS) is 22.7. The van der Waals surface area contributed by atoms with E-state index in [0.717, 1.165) is 15.2 Å². The third kappa shape index (κ3) is 3.87. The minimum absolute atomic E-state index is 0.0112. The molecule has 11 heteroatoms. The number of amides is 1. The van der Waals surface area contributed by atoms with Crippen LogP contribution in [0.3, 0.4) is 0 Å². The summed E-state index contributed by atoms with van der Waals surface area (Å²) in [6, 6.07) is 2.09. The van der Waals surface area contributed by atoms with E-state index in [-0.39, 0.29) is 24.2 Å². The third-order valence-corrected chi connectivity index (χ3v) is 7.08. The van der Waals surface area contributed by atoms with Crippen molar-refractivity contribution in [3.05, 3.63) is 29.9 Å². The smallest absolute Gasteiger partial charge is 0.233 e. The number of ether oxygens (including phenoxy) is 2. The number of carbonyl (C=O) groups is 1. The predicted octanol–water partition coefficient (Wildman–Crippen LogP) is 1.55. The van der Waals surface area contributed by atoms with Crippen molar-refractivity contribution in [2.75, 3.05) is 32.1 Å². The topological polar surface area (TPSA) is 95.3 Å². The molecule has 0 saturated carbocycles. The number of aryl methyl sites for hydroxylation is 1. The Kier molecular flexibility index (Phi) is 5.20. The van der Waals surface area contributed by atoms with Crippen molar-refractivity contribution in [3.8, 4) is 0 Å². The quantitative estimate of drug-likeness (QED) is 0.453. The first-order chi connectivity index (χ1) is 14.2. The van der Waals surface area contributed by atoms with Gasteiger partial charge in [0.05, 0.1) is 19.0 Å². The molecule has 1 amide bonds. The van der Waals surface area contributed by atoms with Crippen molar-refractivity contribution in [1.82, 2.24) is 29.6 Å². The number of carbonyl (C=O) groups excluding carboxylic acids is 1. The molecular weight excluding hydrogens is 412 g/mol. The molecular formula is C18H20N6O3S2. The summed E-state index contributed by atoms with van der Waals surface area (Å²) in [4.78, 5) is 29.4. The molecule has 0 N–H and O–H groups in total. The SMILES string of the molecule is Cc1cc2c(SCC(=O)N3C[C@@H]4OCC(n5cncn5)CO[C@H]4C3)ncnc2s1. The maximum atomic E-state index is 12.8. The van der Waals surface area contributed by atoms with E-state index >= 15 is 0 Å². The van der Waals surface area contributed by atoms with Gasteiger partial charge >= 0.3 is 0 Å². The van der Waals surface area contributed by atoms with Gasteiger partial charge in [0.1, 0.15) is 47.1 Å². The summed E-state index contributed by atoms with van der Waals surface area (Å²) >= 11 is 3.10. The van der Waals surface area contributed by atoms with Crippen LogP contribution >= 0.6 is 23.1 Å². The highest BCUT2D eigenvalue weighted by atomic mass is 32.2. The average molecular weight is 433 g/mol. The number of aromatic nitrogens is 5. The van der Waals surface area contributed by atoms with Gasteiger partial charge in [-0.15, -0.1) is 11.3 Å². The van der Waals surface area contributed by atoms with Gasteiger partial charge in [-0.1, -0.05) is 11.8 Å². The Bertz CT molecular complexity index is 994. The summed E-state index contributed by atoms with van der Waals surface area (Å²) in [7, 11) is 0. The zero-order chi connectivity index (χ0) is 19.8. The van der Waals surface area contributed by atoms with Gasteiger partial charge in [0.15, 0.2) is 0 Å². The van der Waals surface area contributed by atoms with Crippen LogP contribution in [0.5, 0.6) is 0 Å². The molecule has 2 saturated heterocycles. The van der Waals surface area contributed by atoms with E-state index < -0.39 is 0 Å². The van der Waals surface area contributed by atoms with Crippen molar-refractivity contribution >= 4 is 39.2 Å². The van der Waals surface area contributed by atoms with E-state index in [1.165, 1.54) is 23.0 Å². The van der Waals surface area contributed by atoms with E-state index in [0.29, 0.717) is 32.1 Å². The predicted molar refractivity (Wildman–Crippen MR) is 108 cm³/mol. The van der Waals surface area contributed by atoms with Crippen molar-refractivity contribution < 1.29 is 14.3 Å². The van der Waals surface area contributed by atoms with Crippen LogP contribution in [-0.2, 0) is 14.3 Å². The lowest BCUT2D eigenvalue weighted by atomic mass is 10.3. The van der Waals surface area contributed by atoms with Crippen LogP contribution in [0.25, 0.3) is 10.2 Å². The highest BCUT2D eigenvalue weighted by Gasteiger charge is 2.39. The number of thiophene rings is 1. The number of nitrogens with zero attached hydrogens (tertiary/aromatic N) is 6. The third-order valence-electron chi connectivity index (χ3n) is 5.13. The van der Waals surface area contributed by atoms with Gasteiger partial charge in [-0.3, -0.25) is 4.79 Å². The molecule has 2 fully saturated rings. The van der Waals surface area contributed by atoms with Gasteiger partial charge in [0, 0.05) is 23.4 Å². The van der Waals surface area contributed by atoms with Gasteiger partial charge < -0.3 is 14.4 Å². The number of thioether (sulfide) groups is 1. The van der Waals surface area contributed by atoms with Crippen LogP contribution < -0.4 is 0 Å². The first kappa shape index (κ1) is 18.9. The molecule has 0 aromatic carbocycles. The van der Waals surface area contributed by atoms with Gasteiger partial charge in [-0.25, -0.2) is 19.6 Å². The largest absolute Gasteiger partial charge is 0.371 e. The fourth-order valence-corrected chi connectivity index (χ4v) is 5.42. The van der Waals surface area contributed by atoms with Crippen molar-refractivity contribution in [2.45, 2.75) is 30.2 Å². The molecule has 152 valence electrons. The molecule has 0 unspecified atom stereocenters. The highest BCUT2D eigenvalue weighted by Crippen LogP contribution is 2.31. The van der Waals surface area contributed by atoms with Gasteiger partial charge in [-0.2, -0.15) is 5.10 Å².